The summed E-state index contributed by atoms with van der Waals surface area (Å²) < 4.78 is 2.18. The molecule has 4 nitrogen and oxygen atoms in total. The van der Waals surface area contributed by atoms with E-state index in [2.05, 4.69) is 47.1 Å². The molecule has 0 aliphatic heterocycles. The maximum atomic E-state index is 12.3. The van der Waals surface area contributed by atoms with E-state index < -0.39 is 0 Å². The molecule has 3 rings (SSSR count). The molecular formula is C22H23N3OS. The van der Waals surface area contributed by atoms with E-state index in [4.69, 9.17) is 0 Å². The summed E-state index contributed by atoms with van der Waals surface area (Å²) in [5.41, 5.74) is 6.96. The number of aryl methyl sites for hydroxylation is 1. The molecule has 0 bridgehead atoms. The van der Waals surface area contributed by atoms with Crippen LogP contribution in [0.5, 0.6) is 0 Å². The number of nitrogens with one attached hydrogen (secondary N) is 1. The van der Waals surface area contributed by atoms with Crippen LogP contribution in [0.25, 0.3) is 5.69 Å². The number of nitrogens with zero attached hydrogens (tertiary/aromatic N) is 2. The van der Waals surface area contributed by atoms with Crippen LogP contribution in [-0.2, 0) is 4.79 Å². The average molecular weight is 378 g/mol. The molecule has 1 N–H and O–H groups in total. The van der Waals surface area contributed by atoms with Crippen molar-refractivity contribution in [2.24, 2.45) is 5.10 Å². The van der Waals surface area contributed by atoms with Crippen LogP contribution in [0.4, 0.5) is 0 Å². The van der Waals surface area contributed by atoms with E-state index in [0.29, 0.717) is 0 Å². The van der Waals surface area contributed by atoms with E-state index in [0.717, 1.165) is 27.5 Å². The third-order valence-electron chi connectivity index (χ3n) is 4.29. The van der Waals surface area contributed by atoms with Crippen LogP contribution in [0.3, 0.4) is 0 Å². The number of hydrogen-bond donors (Lipinski definition) is 1. The standard InChI is InChI=1S/C22H23N3OS/c1-16-14-19(17(2)25(16)20-10-6-4-7-11-20)15-23-24-22(26)18(3)27-21-12-8-5-9-13-21/h4-15,18H,1-3H3,(H,24,26)/b23-15-/t18-/m0/s1. The predicted octanol–water partition coefficient (Wildman–Crippen LogP) is 4.73. The molecule has 5 heteroatoms. The zero-order chi connectivity index (χ0) is 19.2. The third kappa shape index (κ3) is 4.68. The largest absolute Gasteiger partial charge is 0.318 e. The highest BCUT2D eigenvalue weighted by molar-refractivity contribution is 8.00. The van der Waals surface area contributed by atoms with Crippen LogP contribution in [0.2, 0.25) is 0 Å². The van der Waals surface area contributed by atoms with Gasteiger partial charge in [0, 0.05) is 27.5 Å². The minimum atomic E-state index is -0.221. The zero-order valence-electron chi connectivity index (χ0n) is 15.7. The van der Waals surface area contributed by atoms with Gasteiger partial charge in [0.05, 0.1) is 11.5 Å². The number of hydrazone groups is 1. The second-order valence-corrected chi connectivity index (χ2v) is 7.72. The Morgan fingerprint density at radius 2 is 1.70 bits per heavy atom. The van der Waals surface area contributed by atoms with Crippen molar-refractivity contribution in [2.75, 3.05) is 0 Å². The van der Waals surface area contributed by atoms with Crippen molar-refractivity contribution in [1.82, 2.24) is 9.99 Å². The van der Waals surface area contributed by atoms with Crippen LogP contribution < -0.4 is 5.43 Å². The Kier molecular flexibility index (Phi) is 6.14. The number of para-hydroxylation sites is 1. The van der Waals surface area contributed by atoms with E-state index >= 15 is 0 Å². The number of rotatable bonds is 6. The lowest BCUT2D eigenvalue weighted by atomic mass is 10.2. The molecule has 0 aliphatic rings. The van der Waals surface area contributed by atoms with Crippen molar-refractivity contribution in [3.8, 4) is 5.69 Å². The molecule has 138 valence electrons. The minimum Gasteiger partial charge on any atom is -0.318 e. The summed E-state index contributed by atoms with van der Waals surface area (Å²) in [6.07, 6.45) is 1.71. The molecule has 1 heterocycles. The smallest absolute Gasteiger partial charge is 0.253 e. The molecule has 1 atom stereocenters. The Morgan fingerprint density at radius 1 is 1.07 bits per heavy atom. The maximum absolute atomic E-state index is 12.3. The second kappa shape index (κ2) is 8.73. The zero-order valence-corrected chi connectivity index (χ0v) is 16.5. The fraction of sp³-hybridized carbons (Fsp3) is 0.182. The molecule has 3 aromatic rings. The minimum absolute atomic E-state index is 0.114. The van der Waals surface area contributed by atoms with Crippen molar-refractivity contribution in [2.45, 2.75) is 30.9 Å². The van der Waals surface area contributed by atoms with E-state index in [-0.39, 0.29) is 11.2 Å². The first-order chi connectivity index (χ1) is 13.1. The molecule has 27 heavy (non-hydrogen) atoms. The van der Waals surface area contributed by atoms with Crippen molar-refractivity contribution in [1.29, 1.82) is 0 Å². The fourth-order valence-corrected chi connectivity index (χ4v) is 3.79. The highest BCUT2D eigenvalue weighted by Gasteiger charge is 2.14. The summed E-state index contributed by atoms with van der Waals surface area (Å²) in [7, 11) is 0. The molecule has 1 aromatic heterocycles. The van der Waals surface area contributed by atoms with Crippen molar-refractivity contribution in [3.05, 3.63) is 83.7 Å². The molecule has 0 fully saturated rings. The highest BCUT2D eigenvalue weighted by Crippen LogP contribution is 2.22. The summed E-state index contributed by atoms with van der Waals surface area (Å²) >= 11 is 1.51. The van der Waals surface area contributed by atoms with Crippen LogP contribution in [0, 0.1) is 13.8 Å². The third-order valence-corrected chi connectivity index (χ3v) is 5.40. The Hall–Kier alpha value is -2.79. The van der Waals surface area contributed by atoms with Crippen LogP contribution in [0.1, 0.15) is 23.9 Å². The van der Waals surface area contributed by atoms with E-state index in [1.54, 1.807) is 6.21 Å². The van der Waals surface area contributed by atoms with Crippen LogP contribution >= 0.6 is 11.8 Å². The Bertz CT molecular complexity index is 933. The number of amides is 1. The van der Waals surface area contributed by atoms with Crippen molar-refractivity contribution in [3.63, 3.8) is 0 Å². The molecule has 0 saturated carbocycles. The average Bonchev–Trinajstić information content (AvgIpc) is 2.96. The SMILES string of the molecule is Cc1cc(/C=N\NC(=O)[C@H](C)Sc2ccccc2)c(C)n1-c1ccccc1. The molecule has 0 unspecified atom stereocenters. The number of benzene rings is 2. The lowest BCUT2D eigenvalue weighted by molar-refractivity contribution is -0.120. The summed E-state index contributed by atoms with van der Waals surface area (Å²) in [4.78, 5) is 13.3. The first-order valence-corrected chi connectivity index (χ1v) is 9.73. The van der Waals surface area contributed by atoms with Gasteiger partial charge >= 0.3 is 0 Å². The first kappa shape index (κ1) is 19.0. The summed E-state index contributed by atoms with van der Waals surface area (Å²) in [6, 6.07) is 22.2. The first-order valence-electron chi connectivity index (χ1n) is 8.85. The second-order valence-electron chi connectivity index (χ2n) is 6.30. The van der Waals surface area contributed by atoms with Crippen LogP contribution in [-0.4, -0.2) is 21.9 Å². The quantitative estimate of drug-likeness (QED) is 0.384. The number of aromatic nitrogens is 1. The van der Waals surface area contributed by atoms with Crippen molar-refractivity contribution < 1.29 is 4.79 Å². The van der Waals surface area contributed by atoms with Gasteiger partial charge in [-0.2, -0.15) is 5.10 Å². The monoisotopic (exact) mass is 377 g/mol. The van der Waals surface area contributed by atoms with Gasteiger partial charge in [-0.3, -0.25) is 4.79 Å². The van der Waals surface area contributed by atoms with Gasteiger partial charge in [0.15, 0.2) is 0 Å². The summed E-state index contributed by atoms with van der Waals surface area (Å²) in [5.74, 6) is -0.114. The molecule has 0 spiro atoms. The van der Waals surface area contributed by atoms with Crippen molar-refractivity contribution >= 4 is 23.9 Å². The van der Waals surface area contributed by atoms with Gasteiger partial charge in [-0.25, -0.2) is 5.43 Å². The van der Waals surface area contributed by atoms with Gasteiger partial charge < -0.3 is 4.57 Å². The molecule has 1 amide bonds. The van der Waals surface area contributed by atoms with E-state index in [9.17, 15) is 4.79 Å². The van der Waals surface area contributed by atoms with Gasteiger partial charge in [-0.1, -0.05) is 36.4 Å². The topological polar surface area (TPSA) is 46.4 Å². The Balaban J connectivity index is 1.65. The lowest BCUT2D eigenvalue weighted by Crippen LogP contribution is -2.26. The van der Waals surface area contributed by atoms with Gasteiger partial charge in [0.25, 0.3) is 5.91 Å². The van der Waals surface area contributed by atoms with Gasteiger partial charge in [0.1, 0.15) is 0 Å². The number of carbonyl (C=O) groups excluding carboxylic acids is 1. The molecule has 0 radical (unpaired) electrons. The normalized spacial score (nSPS) is 12.3. The molecule has 0 aliphatic carbocycles. The number of carbonyl (C=O) groups is 1. The lowest BCUT2D eigenvalue weighted by Gasteiger charge is -2.09. The molecule has 2 aromatic carbocycles. The highest BCUT2D eigenvalue weighted by atomic mass is 32.2. The van der Waals surface area contributed by atoms with E-state index in [1.165, 1.54) is 11.8 Å². The summed E-state index contributed by atoms with van der Waals surface area (Å²) in [5, 5.41) is 3.94. The van der Waals surface area contributed by atoms with Gasteiger partial charge in [0.2, 0.25) is 0 Å². The maximum Gasteiger partial charge on any atom is 0.253 e. The predicted molar refractivity (Wildman–Crippen MR) is 113 cm³/mol. The summed E-state index contributed by atoms with van der Waals surface area (Å²) in [6.45, 7) is 6.00. The fourth-order valence-electron chi connectivity index (χ4n) is 2.91. The molecular weight excluding hydrogens is 354 g/mol. The molecule has 0 saturated heterocycles. The van der Waals surface area contributed by atoms with E-state index in [1.807, 2.05) is 55.5 Å². The van der Waals surface area contributed by atoms with Crippen LogP contribution in [0.15, 0.2) is 76.7 Å². The van der Waals surface area contributed by atoms with Gasteiger partial charge in [-0.05, 0) is 51.1 Å². The number of hydrogen-bond acceptors (Lipinski definition) is 3. The Morgan fingerprint density at radius 3 is 2.37 bits per heavy atom. The number of thioether (sulfide) groups is 1. The Labute approximate surface area is 164 Å². The van der Waals surface area contributed by atoms with Gasteiger partial charge in [-0.15, -0.1) is 11.8 Å².